The average molecular weight is 829 g/mol. The summed E-state index contributed by atoms with van der Waals surface area (Å²) in [5.41, 5.74) is 10.2. The highest BCUT2D eigenvalue weighted by Crippen LogP contribution is 2.63. The third kappa shape index (κ3) is 4.79. The molecule has 2 aliphatic rings. The summed E-state index contributed by atoms with van der Waals surface area (Å²) in [6, 6.07) is 41.5. The highest BCUT2D eigenvalue weighted by atomic mass is 16.4. The molecule has 0 unspecified atom stereocenters. The van der Waals surface area contributed by atoms with Crippen LogP contribution in [-0.4, -0.2) is 4.98 Å². The summed E-state index contributed by atoms with van der Waals surface area (Å²) in [5.74, 6) is -0.00692. The molecular weight excluding hydrogens is 781 g/mol. The van der Waals surface area contributed by atoms with Crippen molar-refractivity contribution in [3.63, 3.8) is 0 Å². The van der Waals surface area contributed by atoms with Crippen LogP contribution in [0.2, 0.25) is 0 Å². The van der Waals surface area contributed by atoms with Gasteiger partial charge in [-0.2, -0.15) is 0 Å². The summed E-state index contributed by atoms with van der Waals surface area (Å²) in [7, 11) is 0. The first kappa shape index (κ1) is 25.5. The Kier molecular flexibility index (Phi) is 5.28. The molecule has 1 spiro atoms. The Morgan fingerprint density at radius 2 is 1.11 bits per heavy atom. The lowest BCUT2D eigenvalue weighted by Gasteiger charge is -2.31. The normalized spacial score (nSPS) is 15.8. The maximum Gasteiger partial charge on any atom is 0.231 e. The summed E-state index contributed by atoms with van der Waals surface area (Å²) in [5, 5.41) is 0.616. The Morgan fingerprint density at radius 1 is 0.469 bits per heavy atom. The van der Waals surface area contributed by atoms with Gasteiger partial charge in [-0.05, 0) is 121 Å². The third-order valence-electron chi connectivity index (χ3n) is 12.9. The highest BCUT2D eigenvalue weighted by Gasteiger charge is 2.51. The molecule has 2 heterocycles. The number of benzene rings is 10. The van der Waals surface area contributed by atoms with Gasteiger partial charge in [-0.3, -0.25) is 0 Å². The van der Waals surface area contributed by atoms with Gasteiger partial charge in [0.1, 0.15) is 16.7 Å². The van der Waals surface area contributed by atoms with Crippen LogP contribution in [0, 0.1) is 0 Å². The van der Waals surface area contributed by atoms with Gasteiger partial charge in [0.15, 0.2) is 5.58 Å². The summed E-state index contributed by atoms with van der Waals surface area (Å²) in [6.45, 7) is 0. The molecule has 0 aliphatic heterocycles. The fourth-order valence-electron chi connectivity index (χ4n) is 10.3. The average Bonchev–Trinajstić information content (AvgIpc) is 4.39. The topological polar surface area (TPSA) is 42.4 Å². The van der Waals surface area contributed by atoms with E-state index >= 15 is 0 Å². The quantitative estimate of drug-likeness (QED) is 0.173. The van der Waals surface area contributed by atoms with Crippen LogP contribution in [0.1, 0.15) is 38.7 Å². The Labute approximate surface area is 385 Å². The van der Waals surface area contributed by atoms with E-state index in [1.807, 2.05) is 18.2 Å². The molecule has 0 saturated carbocycles. The second kappa shape index (κ2) is 13.3. The number of hydrogen-bond donors (Lipinski definition) is 0. The lowest BCUT2D eigenvalue weighted by Crippen LogP contribution is -2.25. The Hall–Kier alpha value is -8.47. The minimum Gasteiger partial charge on any atom is -0.455 e. The highest BCUT2D eigenvalue weighted by molar-refractivity contribution is 6.21. The molecule has 64 heavy (non-hydrogen) atoms. The van der Waals surface area contributed by atoms with Gasteiger partial charge < -0.3 is 13.7 Å². The standard InChI is InChI=1S/C60H36N2O2/c1-2-15-37(16-3-1)38-29-31-40(32-30-38)62(41-33-34-51-46(36-41)45-21-8-11-24-50(45)60(51)48-22-9-6-19-43(48)44-20-7-10-23-49(44)60)53-26-14-28-55-56(53)47-35-39-17-4-5-18-42(39)57(58(47)63-55)59-61-52-25-12-13-27-54(52)64-59/h1-36H/i1D,2D,3D,4D,5D,14D,15D,16D,17D,18D,26D,28D. The van der Waals surface area contributed by atoms with E-state index in [1.54, 1.807) is 59.5 Å². The molecule has 14 rings (SSSR count). The van der Waals surface area contributed by atoms with Crippen molar-refractivity contribution in [3.05, 3.63) is 240 Å². The van der Waals surface area contributed by atoms with E-state index in [2.05, 4.69) is 72.8 Å². The second-order valence-corrected chi connectivity index (χ2v) is 16.1. The van der Waals surface area contributed by atoms with Crippen molar-refractivity contribution >= 4 is 60.9 Å². The molecule has 2 aliphatic carbocycles. The van der Waals surface area contributed by atoms with Crippen LogP contribution in [0.3, 0.4) is 0 Å². The molecule has 0 N–H and O–H groups in total. The van der Waals surface area contributed by atoms with Crippen molar-refractivity contribution in [2.45, 2.75) is 5.41 Å². The van der Waals surface area contributed by atoms with Gasteiger partial charge >= 0.3 is 0 Å². The molecule has 0 atom stereocenters. The molecule has 0 radical (unpaired) electrons. The summed E-state index contributed by atoms with van der Waals surface area (Å²) < 4.78 is 121. The maximum atomic E-state index is 9.97. The number of aromatic nitrogens is 1. The zero-order valence-corrected chi connectivity index (χ0v) is 33.6. The van der Waals surface area contributed by atoms with Crippen LogP contribution >= 0.6 is 0 Å². The molecule has 0 amide bonds. The molecular formula is C60H36N2O2. The van der Waals surface area contributed by atoms with Crippen LogP contribution in [0.5, 0.6) is 0 Å². The number of furan rings is 1. The number of fused-ring (bicyclic) bond motifs is 15. The van der Waals surface area contributed by atoms with Crippen molar-refractivity contribution < 1.29 is 25.3 Å². The van der Waals surface area contributed by atoms with Crippen molar-refractivity contribution in [1.29, 1.82) is 0 Å². The molecule has 0 bridgehead atoms. The summed E-state index contributed by atoms with van der Waals surface area (Å²) in [4.78, 5) is 6.58. The zero-order valence-electron chi connectivity index (χ0n) is 45.6. The van der Waals surface area contributed by atoms with E-state index in [1.165, 1.54) is 0 Å². The molecule has 12 aromatic rings. The van der Waals surface area contributed by atoms with E-state index in [9.17, 15) is 6.85 Å². The van der Waals surface area contributed by atoms with Gasteiger partial charge in [-0.1, -0.05) is 164 Å². The van der Waals surface area contributed by atoms with E-state index in [-0.39, 0.29) is 85.6 Å². The first-order valence-electron chi connectivity index (χ1n) is 26.9. The van der Waals surface area contributed by atoms with E-state index < -0.39 is 47.7 Å². The first-order chi connectivity index (χ1) is 36.7. The van der Waals surface area contributed by atoms with Gasteiger partial charge in [-0.15, -0.1) is 0 Å². The van der Waals surface area contributed by atoms with Crippen molar-refractivity contribution in [1.82, 2.24) is 4.98 Å². The number of anilines is 3. The molecule has 0 saturated heterocycles. The Bertz CT molecular complexity index is 4480. The van der Waals surface area contributed by atoms with Gasteiger partial charge in [0.05, 0.1) is 38.5 Å². The minimum atomic E-state index is -0.688. The zero-order chi connectivity index (χ0) is 52.4. The predicted octanol–water partition coefficient (Wildman–Crippen LogP) is 16.0. The van der Waals surface area contributed by atoms with Crippen molar-refractivity contribution in [3.8, 4) is 44.8 Å². The van der Waals surface area contributed by atoms with Gasteiger partial charge in [0.25, 0.3) is 0 Å². The van der Waals surface area contributed by atoms with E-state index in [4.69, 9.17) is 23.4 Å². The van der Waals surface area contributed by atoms with Crippen molar-refractivity contribution in [2.24, 2.45) is 0 Å². The number of para-hydroxylation sites is 2. The number of rotatable bonds is 5. The molecule has 0 fully saturated rings. The fourth-order valence-corrected chi connectivity index (χ4v) is 10.3. The minimum absolute atomic E-state index is 0.000213. The number of hydrogen-bond acceptors (Lipinski definition) is 4. The largest absolute Gasteiger partial charge is 0.455 e. The van der Waals surface area contributed by atoms with Crippen LogP contribution in [0.4, 0.5) is 17.1 Å². The van der Waals surface area contributed by atoms with Crippen molar-refractivity contribution in [2.75, 3.05) is 4.90 Å². The van der Waals surface area contributed by atoms with Crippen LogP contribution in [0.15, 0.2) is 227 Å². The third-order valence-corrected chi connectivity index (χ3v) is 12.9. The lowest BCUT2D eigenvalue weighted by molar-refractivity contribution is 0.616. The number of oxazole rings is 1. The number of nitrogens with zero attached hydrogens (tertiary/aromatic N) is 2. The molecule has 4 nitrogen and oxygen atoms in total. The van der Waals surface area contributed by atoms with Crippen LogP contribution in [0.25, 0.3) is 88.6 Å². The summed E-state index contributed by atoms with van der Waals surface area (Å²) >= 11 is 0. The molecule has 298 valence electrons. The van der Waals surface area contributed by atoms with E-state index in [0.717, 1.165) is 44.5 Å². The smallest absolute Gasteiger partial charge is 0.231 e. The van der Waals surface area contributed by atoms with E-state index in [0.29, 0.717) is 28.0 Å². The summed E-state index contributed by atoms with van der Waals surface area (Å²) in [6.07, 6.45) is 0. The Morgan fingerprint density at radius 3 is 1.86 bits per heavy atom. The lowest BCUT2D eigenvalue weighted by atomic mass is 9.70. The maximum absolute atomic E-state index is 9.97. The second-order valence-electron chi connectivity index (χ2n) is 16.1. The molecule has 2 aromatic heterocycles. The molecule has 4 heteroatoms. The first-order valence-corrected chi connectivity index (χ1v) is 20.9. The monoisotopic (exact) mass is 828 g/mol. The predicted molar refractivity (Wildman–Crippen MR) is 261 cm³/mol. The fraction of sp³-hybridized carbons (Fsp3) is 0.0167. The molecule has 10 aromatic carbocycles. The van der Waals surface area contributed by atoms with Gasteiger partial charge in [0, 0.05) is 16.8 Å². The van der Waals surface area contributed by atoms with Gasteiger partial charge in [-0.25, -0.2) is 4.98 Å². The van der Waals surface area contributed by atoms with Crippen LogP contribution in [-0.2, 0) is 5.41 Å². The SMILES string of the molecule is [2H]c1c([2H])c([2H])c(-c2ccc(N(c3ccc4c(c3)-c3ccccc3C43c4ccccc4-c4ccccc43)c3c([2H])c([2H])c([2H])c4oc5c(-c6nc7ccccc7o6)c6c([2H])c([2H])c([2H])c([2H])c6cc5c34)cc2)c([2H])c1[2H]. The van der Waals surface area contributed by atoms with Gasteiger partial charge in [0.2, 0.25) is 5.89 Å². The van der Waals surface area contributed by atoms with Crippen LogP contribution < -0.4 is 4.90 Å². The Balaban J connectivity index is 1.10.